The molecule has 1 fully saturated rings. The summed E-state index contributed by atoms with van der Waals surface area (Å²) in [6.45, 7) is 6.82. The predicted molar refractivity (Wildman–Crippen MR) is 111 cm³/mol. The second-order valence-electron chi connectivity index (χ2n) is 7.69. The molecule has 0 unspecified atom stereocenters. The zero-order valence-corrected chi connectivity index (χ0v) is 17.3. The van der Waals surface area contributed by atoms with Crippen molar-refractivity contribution in [1.29, 1.82) is 0 Å². The van der Waals surface area contributed by atoms with Crippen LogP contribution < -0.4 is 14.2 Å². The van der Waals surface area contributed by atoms with Gasteiger partial charge in [-0.3, -0.25) is 9.59 Å². The standard InChI is InChI=1S/C23H26N3O3/c1-5-10-29-18-8-6-17(7-9-18)26-22(27)13-21(23(26)28)25-14-24(4)19-11-15(2)16(3)12-20(19)25/h6-9,11-12,14,21H,5,10,13H2,1-4H3/q+1/t21-/m1/s1. The lowest BCUT2D eigenvalue weighted by Gasteiger charge is -2.15. The first-order valence-corrected chi connectivity index (χ1v) is 9.97. The predicted octanol–water partition coefficient (Wildman–Crippen LogP) is 3.38. The van der Waals surface area contributed by atoms with Crippen molar-refractivity contribution in [2.75, 3.05) is 11.5 Å². The summed E-state index contributed by atoms with van der Waals surface area (Å²) in [5.41, 5.74) is 4.95. The number of rotatable bonds is 5. The minimum Gasteiger partial charge on any atom is -0.494 e. The zero-order chi connectivity index (χ0) is 20.7. The van der Waals surface area contributed by atoms with Crippen molar-refractivity contribution in [2.24, 2.45) is 7.05 Å². The number of carbonyl (C=O) groups excluding carboxylic acids is 2. The van der Waals surface area contributed by atoms with Crippen LogP contribution in [0, 0.1) is 13.8 Å². The smallest absolute Gasteiger partial charge is 0.279 e. The summed E-state index contributed by atoms with van der Waals surface area (Å²) in [4.78, 5) is 27.3. The highest BCUT2D eigenvalue weighted by molar-refractivity contribution is 6.21. The van der Waals surface area contributed by atoms with Crippen molar-refractivity contribution in [3.8, 4) is 5.75 Å². The van der Waals surface area contributed by atoms with Crippen LogP contribution in [0.25, 0.3) is 11.0 Å². The number of ether oxygens (including phenoxy) is 1. The molecule has 2 heterocycles. The average Bonchev–Trinajstić information content (AvgIpc) is 3.17. The maximum atomic E-state index is 13.2. The Kier molecular flexibility index (Phi) is 4.86. The molecule has 1 aliphatic heterocycles. The van der Waals surface area contributed by atoms with E-state index < -0.39 is 6.04 Å². The van der Waals surface area contributed by atoms with E-state index in [0.29, 0.717) is 12.3 Å². The van der Waals surface area contributed by atoms with Crippen molar-refractivity contribution < 1.29 is 18.9 Å². The van der Waals surface area contributed by atoms with Crippen molar-refractivity contribution in [3.63, 3.8) is 0 Å². The van der Waals surface area contributed by atoms with Gasteiger partial charge < -0.3 is 4.74 Å². The van der Waals surface area contributed by atoms with Crippen LogP contribution >= 0.6 is 0 Å². The number of anilines is 1. The fourth-order valence-electron chi connectivity index (χ4n) is 3.85. The molecule has 4 rings (SSSR count). The Morgan fingerprint density at radius 1 is 1.10 bits per heavy atom. The molecule has 3 aromatic rings. The lowest BCUT2D eigenvalue weighted by Crippen LogP contribution is -2.31. The van der Waals surface area contributed by atoms with E-state index in [0.717, 1.165) is 28.8 Å². The summed E-state index contributed by atoms with van der Waals surface area (Å²) in [7, 11) is 1.96. The Balaban J connectivity index is 1.67. The first kappa shape index (κ1) is 19.2. The molecule has 2 aromatic carbocycles. The largest absolute Gasteiger partial charge is 0.494 e. The van der Waals surface area contributed by atoms with Crippen molar-refractivity contribution >= 4 is 28.5 Å². The summed E-state index contributed by atoms with van der Waals surface area (Å²) >= 11 is 0. The van der Waals surface area contributed by atoms with Gasteiger partial charge in [0, 0.05) is 0 Å². The van der Waals surface area contributed by atoms with E-state index in [1.165, 1.54) is 10.5 Å². The van der Waals surface area contributed by atoms with Crippen molar-refractivity contribution in [3.05, 3.63) is 53.9 Å². The zero-order valence-electron chi connectivity index (χ0n) is 17.3. The molecule has 0 N–H and O–H groups in total. The SMILES string of the molecule is CCCOc1ccc(N2C(=O)C[C@@H](n3c[n+](C)c4cc(C)c(C)cc43)C2=O)cc1. The topological polar surface area (TPSA) is 55.4 Å². The highest BCUT2D eigenvalue weighted by atomic mass is 16.5. The van der Waals surface area contributed by atoms with E-state index in [1.807, 2.05) is 29.4 Å². The second kappa shape index (κ2) is 7.35. The van der Waals surface area contributed by atoms with E-state index in [2.05, 4.69) is 26.0 Å². The molecule has 2 amide bonds. The number of aryl methyl sites for hydroxylation is 3. The number of amides is 2. The van der Waals surface area contributed by atoms with Gasteiger partial charge in [-0.2, -0.15) is 0 Å². The maximum Gasteiger partial charge on any atom is 0.279 e. The molecule has 0 radical (unpaired) electrons. The van der Waals surface area contributed by atoms with Crippen LogP contribution in [0.4, 0.5) is 5.69 Å². The number of imidazole rings is 1. The van der Waals surface area contributed by atoms with Gasteiger partial charge in [-0.1, -0.05) is 6.92 Å². The van der Waals surface area contributed by atoms with Crippen LogP contribution in [0.3, 0.4) is 0 Å². The van der Waals surface area contributed by atoms with Gasteiger partial charge in [0.05, 0.1) is 25.8 Å². The monoisotopic (exact) mass is 392 g/mol. The van der Waals surface area contributed by atoms with Gasteiger partial charge in [0.1, 0.15) is 5.75 Å². The number of nitrogens with zero attached hydrogens (tertiary/aromatic N) is 3. The van der Waals surface area contributed by atoms with Gasteiger partial charge in [0.15, 0.2) is 17.1 Å². The third kappa shape index (κ3) is 3.28. The van der Waals surface area contributed by atoms with Crippen molar-refractivity contribution in [2.45, 2.75) is 39.7 Å². The van der Waals surface area contributed by atoms with Crippen LogP contribution in [0.5, 0.6) is 5.75 Å². The normalized spacial score (nSPS) is 16.8. The summed E-state index contributed by atoms with van der Waals surface area (Å²) in [6, 6.07) is 10.8. The number of aromatic nitrogens is 2. The lowest BCUT2D eigenvalue weighted by molar-refractivity contribution is -0.645. The Morgan fingerprint density at radius 3 is 2.48 bits per heavy atom. The first-order chi connectivity index (χ1) is 13.9. The molecule has 29 heavy (non-hydrogen) atoms. The molecule has 0 aliphatic carbocycles. The fraction of sp³-hybridized carbons (Fsp3) is 0.348. The summed E-state index contributed by atoms with van der Waals surface area (Å²) in [5, 5.41) is 0. The van der Waals surface area contributed by atoms with Gasteiger partial charge in [-0.05, 0) is 67.8 Å². The molecule has 0 spiro atoms. The number of carbonyl (C=O) groups is 2. The highest BCUT2D eigenvalue weighted by Gasteiger charge is 2.44. The summed E-state index contributed by atoms with van der Waals surface area (Å²) in [5.74, 6) is 0.351. The molecular weight excluding hydrogens is 366 g/mol. The van der Waals surface area contributed by atoms with Crippen LogP contribution in [-0.4, -0.2) is 23.0 Å². The number of fused-ring (bicyclic) bond motifs is 1. The Morgan fingerprint density at radius 2 is 1.79 bits per heavy atom. The Hall–Kier alpha value is -3.15. The van der Waals surface area contributed by atoms with Gasteiger partial charge in [0.25, 0.3) is 5.91 Å². The van der Waals surface area contributed by atoms with Crippen LogP contribution in [0.1, 0.15) is 36.9 Å². The third-order valence-electron chi connectivity index (χ3n) is 5.57. The molecule has 0 bridgehead atoms. The summed E-state index contributed by atoms with van der Waals surface area (Å²) < 4.78 is 9.53. The molecular formula is C23H26N3O3+. The van der Waals surface area contributed by atoms with Crippen LogP contribution in [0.15, 0.2) is 42.7 Å². The third-order valence-corrected chi connectivity index (χ3v) is 5.57. The van der Waals surface area contributed by atoms with Crippen molar-refractivity contribution in [1.82, 2.24) is 4.57 Å². The van der Waals surface area contributed by atoms with Gasteiger partial charge in [0.2, 0.25) is 12.2 Å². The molecule has 0 saturated carbocycles. The minimum atomic E-state index is -0.538. The van der Waals surface area contributed by atoms with E-state index in [1.54, 1.807) is 24.3 Å². The second-order valence-corrected chi connectivity index (χ2v) is 7.69. The number of hydrogen-bond acceptors (Lipinski definition) is 3. The quantitative estimate of drug-likeness (QED) is 0.494. The van der Waals surface area contributed by atoms with Gasteiger partial charge >= 0.3 is 0 Å². The molecule has 1 saturated heterocycles. The number of benzene rings is 2. The van der Waals surface area contributed by atoms with Gasteiger partial charge in [-0.15, -0.1) is 0 Å². The molecule has 150 valence electrons. The molecule has 1 aliphatic rings. The lowest BCUT2D eigenvalue weighted by atomic mass is 10.1. The molecule has 6 heteroatoms. The highest BCUT2D eigenvalue weighted by Crippen LogP contribution is 2.32. The average molecular weight is 392 g/mol. The van der Waals surface area contributed by atoms with E-state index in [9.17, 15) is 9.59 Å². The van der Waals surface area contributed by atoms with E-state index in [4.69, 9.17) is 4.74 Å². The number of hydrogen-bond donors (Lipinski definition) is 0. The first-order valence-electron chi connectivity index (χ1n) is 9.97. The van der Waals surface area contributed by atoms with E-state index in [-0.39, 0.29) is 18.2 Å². The Bertz CT molecular complexity index is 1100. The van der Waals surface area contributed by atoms with Crippen LogP contribution in [0.2, 0.25) is 0 Å². The van der Waals surface area contributed by atoms with E-state index >= 15 is 0 Å². The van der Waals surface area contributed by atoms with Crippen LogP contribution in [-0.2, 0) is 16.6 Å². The Labute approximate surface area is 170 Å². The maximum absolute atomic E-state index is 13.2. The molecule has 1 atom stereocenters. The molecule has 6 nitrogen and oxygen atoms in total. The number of imide groups is 1. The fourth-order valence-corrected chi connectivity index (χ4v) is 3.85. The summed E-state index contributed by atoms with van der Waals surface area (Å²) in [6.07, 6.45) is 2.99. The minimum absolute atomic E-state index is 0.156. The van der Waals surface area contributed by atoms with Gasteiger partial charge in [-0.25, -0.2) is 14.0 Å². The molecule has 1 aromatic heterocycles.